The Morgan fingerprint density at radius 1 is 1.17 bits per heavy atom. The minimum absolute atomic E-state index is 0.0418. The summed E-state index contributed by atoms with van der Waals surface area (Å²) in [5, 5.41) is 11.8. The number of carbonyl (C=O) groups is 2. The number of hydrogen-bond donors (Lipinski definition) is 2. The molecule has 0 aliphatic heterocycles. The fourth-order valence-corrected chi connectivity index (χ4v) is 5.09. The predicted molar refractivity (Wildman–Crippen MR) is 130 cm³/mol. The number of amides is 2. The number of pyridine rings is 1. The zero-order chi connectivity index (χ0) is 25.4. The molecule has 12 heteroatoms. The third kappa shape index (κ3) is 4.65. The maximum Gasteiger partial charge on any atom is 0.280 e. The molecule has 0 saturated heterocycles. The van der Waals surface area contributed by atoms with Gasteiger partial charge in [-0.3, -0.25) is 19.0 Å². The van der Waals surface area contributed by atoms with E-state index in [1.165, 1.54) is 6.07 Å². The standard InChI is InChI=1S/C23H25F2N7O2S/c1-5-31-13(4)15(10-27-31)14-9-16(21(24)25)28-23-18(14)19(20(35-23)22(26)34)29-17(33)6-7-32-12(3)8-11(2)30-32/h8-10,21H,5-7H2,1-4H3,(H2,26,34)(H,29,33). The number of primary amides is 1. The van der Waals surface area contributed by atoms with Gasteiger partial charge in [0.05, 0.1) is 17.6 Å². The van der Waals surface area contributed by atoms with Crippen LogP contribution in [0.5, 0.6) is 0 Å². The van der Waals surface area contributed by atoms with Crippen molar-refractivity contribution in [1.29, 1.82) is 0 Å². The van der Waals surface area contributed by atoms with Crippen LogP contribution in [0.25, 0.3) is 21.3 Å². The number of alkyl halides is 2. The highest BCUT2D eigenvalue weighted by Crippen LogP contribution is 2.43. The summed E-state index contributed by atoms with van der Waals surface area (Å²) in [6.07, 6.45) is -1.15. The van der Waals surface area contributed by atoms with Crippen molar-refractivity contribution in [3.63, 3.8) is 0 Å². The lowest BCUT2D eigenvalue weighted by Gasteiger charge is -2.11. The Kier molecular flexibility index (Phi) is 6.66. The molecule has 184 valence electrons. The molecule has 0 fully saturated rings. The number of rotatable bonds is 8. The van der Waals surface area contributed by atoms with Gasteiger partial charge in [-0.25, -0.2) is 13.8 Å². The average Bonchev–Trinajstić information content (AvgIpc) is 3.46. The highest BCUT2D eigenvalue weighted by Gasteiger charge is 2.26. The van der Waals surface area contributed by atoms with Crippen LogP contribution in [0.4, 0.5) is 14.5 Å². The van der Waals surface area contributed by atoms with E-state index in [4.69, 9.17) is 5.73 Å². The van der Waals surface area contributed by atoms with Gasteiger partial charge in [0.25, 0.3) is 12.3 Å². The van der Waals surface area contributed by atoms with Crippen LogP contribution >= 0.6 is 11.3 Å². The van der Waals surface area contributed by atoms with Gasteiger partial charge < -0.3 is 11.1 Å². The monoisotopic (exact) mass is 501 g/mol. The first-order valence-electron chi connectivity index (χ1n) is 11.0. The normalized spacial score (nSPS) is 11.5. The Morgan fingerprint density at radius 2 is 1.91 bits per heavy atom. The number of halogens is 2. The first-order chi connectivity index (χ1) is 16.6. The molecule has 0 radical (unpaired) electrons. The van der Waals surface area contributed by atoms with E-state index >= 15 is 0 Å². The van der Waals surface area contributed by atoms with Gasteiger partial charge in [-0.05, 0) is 45.4 Å². The van der Waals surface area contributed by atoms with Crippen molar-refractivity contribution in [1.82, 2.24) is 24.5 Å². The predicted octanol–water partition coefficient (Wildman–Crippen LogP) is 4.37. The molecular formula is C23H25F2N7O2S. The van der Waals surface area contributed by atoms with Crippen LogP contribution in [-0.2, 0) is 17.9 Å². The SMILES string of the molecule is CCn1ncc(-c2cc(C(F)F)nc3sc(C(N)=O)c(NC(=O)CCn4nc(C)cc4C)c23)c1C. The summed E-state index contributed by atoms with van der Waals surface area (Å²) in [6, 6.07) is 3.19. The van der Waals surface area contributed by atoms with E-state index in [-0.39, 0.29) is 27.7 Å². The molecule has 0 aromatic carbocycles. The lowest BCUT2D eigenvalue weighted by atomic mass is 10.0. The van der Waals surface area contributed by atoms with Crippen LogP contribution in [-0.4, -0.2) is 36.4 Å². The summed E-state index contributed by atoms with van der Waals surface area (Å²) in [6.45, 7) is 8.43. The van der Waals surface area contributed by atoms with Crippen molar-refractivity contribution in [3.05, 3.63) is 46.0 Å². The molecule has 0 spiro atoms. The van der Waals surface area contributed by atoms with Crippen LogP contribution in [0.2, 0.25) is 0 Å². The highest BCUT2D eigenvalue weighted by atomic mass is 32.1. The molecule has 4 aromatic heterocycles. The van der Waals surface area contributed by atoms with E-state index in [0.29, 0.717) is 29.6 Å². The van der Waals surface area contributed by atoms with E-state index in [2.05, 4.69) is 20.5 Å². The van der Waals surface area contributed by atoms with Gasteiger partial charge in [0.1, 0.15) is 15.4 Å². The molecule has 3 N–H and O–H groups in total. The van der Waals surface area contributed by atoms with Gasteiger partial charge in [-0.15, -0.1) is 11.3 Å². The maximum absolute atomic E-state index is 13.7. The molecule has 2 amide bonds. The summed E-state index contributed by atoms with van der Waals surface area (Å²) in [5.74, 6) is -1.16. The Morgan fingerprint density at radius 3 is 2.49 bits per heavy atom. The summed E-state index contributed by atoms with van der Waals surface area (Å²) in [5.41, 5.74) is 8.86. The number of aromatic nitrogens is 5. The minimum atomic E-state index is -2.82. The van der Waals surface area contributed by atoms with Gasteiger partial charge in [0, 0.05) is 41.8 Å². The number of hydrogen-bond acceptors (Lipinski definition) is 6. The van der Waals surface area contributed by atoms with Gasteiger partial charge in [0.15, 0.2) is 0 Å². The Labute approximate surface area is 203 Å². The van der Waals surface area contributed by atoms with E-state index in [1.54, 1.807) is 15.6 Å². The second-order valence-corrected chi connectivity index (χ2v) is 9.15. The smallest absolute Gasteiger partial charge is 0.280 e. The van der Waals surface area contributed by atoms with E-state index in [1.807, 2.05) is 33.8 Å². The van der Waals surface area contributed by atoms with E-state index in [9.17, 15) is 18.4 Å². The number of anilines is 1. The molecule has 4 heterocycles. The van der Waals surface area contributed by atoms with Crippen molar-refractivity contribution < 1.29 is 18.4 Å². The van der Waals surface area contributed by atoms with Crippen LogP contribution in [0, 0.1) is 20.8 Å². The molecule has 4 aromatic rings. The quantitative estimate of drug-likeness (QED) is 0.371. The third-order valence-electron chi connectivity index (χ3n) is 5.74. The van der Waals surface area contributed by atoms with Crippen LogP contribution in [0.15, 0.2) is 18.3 Å². The van der Waals surface area contributed by atoms with E-state index in [0.717, 1.165) is 28.4 Å². The third-order valence-corrected chi connectivity index (χ3v) is 6.84. The lowest BCUT2D eigenvalue weighted by molar-refractivity contribution is -0.116. The molecule has 0 unspecified atom stereocenters. The topological polar surface area (TPSA) is 121 Å². The number of fused-ring (bicyclic) bond motifs is 1. The lowest BCUT2D eigenvalue weighted by Crippen LogP contribution is -2.18. The van der Waals surface area contributed by atoms with Gasteiger partial charge in [0.2, 0.25) is 5.91 Å². The Balaban J connectivity index is 1.81. The summed E-state index contributed by atoms with van der Waals surface area (Å²) >= 11 is 0.875. The van der Waals surface area contributed by atoms with Crippen molar-refractivity contribution in [3.8, 4) is 11.1 Å². The fourth-order valence-electron chi connectivity index (χ4n) is 4.07. The van der Waals surface area contributed by atoms with Gasteiger partial charge in [-0.2, -0.15) is 10.2 Å². The molecular weight excluding hydrogens is 476 g/mol. The minimum Gasteiger partial charge on any atom is -0.365 e. The highest BCUT2D eigenvalue weighted by molar-refractivity contribution is 7.21. The van der Waals surface area contributed by atoms with Crippen LogP contribution in [0.1, 0.15) is 52.2 Å². The van der Waals surface area contributed by atoms with Crippen LogP contribution < -0.4 is 11.1 Å². The molecule has 0 aliphatic carbocycles. The summed E-state index contributed by atoms with van der Waals surface area (Å²) in [7, 11) is 0. The Bertz CT molecular complexity index is 1440. The molecule has 0 saturated carbocycles. The van der Waals surface area contributed by atoms with Crippen molar-refractivity contribution in [2.24, 2.45) is 5.73 Å². The Hall–Kier alpha value is -3.67. The number of nitrogens with zero attached hydrogens (tertiary/aromatic N) is 5. The zero-order valence-corrected chi connectivity index (χ0v) is 20.5. The van der Waals surface area contributed by atoms with E-state index < -0.39 is 18.0 Å². The number of carbonyl (C=O) groups excluding carboxylic acids is 2. The number of aryl methyl sites for hydroxylation is 4. The molecule has 0 aliphatic rings. The second kappa shape index (κ2) is 9.53. The summed E-state index contributed by atoms with van der Waals surface area (Å²) in [4.78, 5) is 29.5. The largest absolute Gasteiger partial charge is 0.365 e. The summed E-state index contributed by atoms with van der Waals surface area (Å²) < 4.78 is 30.8. The molecule has 35 heavy (non-hydrogen) atoms. The first-order valence-corrected chi connectivity index (χ1v) is 11.8. The average molecular weight is 502 g/mol. The molecule has 0 bridgehead atoms. The molecule has 4 rings (SSSR count). The van der Waals surface area contributed by atoms with Crippen LogP contribution in [0.3, 0.4) is 0 Å². The van der Waals surface area contributed by atoms with Crippen molar-refractivity contribution in [2.75, 3.05) is 5.32 Å². The second-order valence-electron chi connectivity index (χ2n) is 8.15. The zero-order valence-electron chi connectivity index (χ0n) is 19.7. The molecule has 9 nitrogen and oxygen atoms in total. The molecule has 0 atom stereocenters. The van der Waals surface area contributed by atoms with Gasteiger partial charge >= 0.3 is 0 Å². The van der Waals surface area contributed by atoms with Crippen molar-refractivity contribution >= 4 is 39.1 Å². The number of nitrogens with two attached hydrogens (primary N) is 1. The maximum atomic E-state index is 13.7. The number of thiophene rings is 1. The number of nitrogens with one attached hydrogen (secondary N) is 1. The van der Waals surface area contributed by atoms with Crippen molar-refractivity contribution in [2.45, 2.75) is 53.6 Å². The van der Waals surface area contributed by atoms with Gasteiger partial charge in [-0.1, -0.05) is 0 Å². The fraction of sp³-hybridized carbons (Fsp3) is 0.348. The first kappa shape index (κ1) is 24.5.